The van der Waals surface area contributed by atoms with Crippen LogP contribution in [0.5, 0.6) is 5.75 Å². The van der Waals surface area contributed by atoms with Crippen molar-refractivity contribution in [3.8, 4) is 5.75 Å². The summed E-state index contributed by atoms with van der Waals surface area (Å²) in [6.45, 7) is 0. The van der Waals surface area contributed by atoms with Crippen molar-refractivity contribution in [3.05, 3.63) is 104 Å². The Bertz CT molecular complexity index is 1050. The highest BCUT2D eigenvalue weighted by atomic mass is 16.6. The molecule has 3 rings (SSSR count). The number of hydrogen-bond donors (Lipinski definition) is 1. The second-order valence-corrected chi connectivity index (χ2v) is 5.66. The number of non-ortho nitro benzene ring substituents is 2. The van der Waals surface area contributed by atoms with Crippen LogP contribution in [0.3, 0.4) is 0 Å². The highest BCUT2D eigenvalue weighted by Gasteiger charge is 2.17. The van der Waals surface area contributed by atoms with Gasteiger partial charge in [-0.25, -0.2) is 0 Å². The molecule has 2 aromatic carbocycles. The molecule has 0 spiro atoms. The van der Waals surface area contributed by atoms with Crippen LogP contribution in [0, 0.1) is 20.2 Å². The van der Waals surface area contributed by atoms with Gasteiger partial charge in [-0.3, -0.25) is 20.2 Å². The Kier molecular flexibility index (Phi) is 4.89. The number of hydrogen-bond acceptors (Lipinski definition) is 5. The predicted octanol–water partition coefficient (Wildman–Crippen LogP) is 3.54. The quantitative estimate of drug-likeness (QED) is 0.322. The summed E-state index contributed by atoms with van der Waals surface area (Å²) < 4.78 is 1.63. The summed E-state index contributed by atoms with van der Waals surface area (Å²) in [4.78, 5) is 20.9. The van der Waals surface area contributed by atoms with E-state index in [2.05, 4.69) is 0 Å². The molecule has 0 saturated carbocycles. The molecule has 0 unspecified atom stereocenters. The maximum atomic E-state index is 11.0. The van der Waals surface area contributed by atoms with Crippen LogP contribution >= 0.6 is 0 Å². The molecule has 0 saturated heterocycles. The first-order valence-electron chi connectivity index (χ1n) is 7.86. The van der Waals surface area contributed by atoms with Gasteiger partial charge in [-0.15, -0.1) is 0 Å². The molecule has 1 N–H and O–H groups in total. The van der Waals surface area contributed by atoms with E-state index in [1.807, 2.05) is 0 Å². The lowest BCUT2D eigenvalue weighted by molar-refractivity contribution is -0.578. The molecule has 0 bridgehead atoms. The Balaban J connectivity index is 2.14. The molecule has 0 aliphatic carbocycles. The number of aromatic nitrogens is 1. The molecule has 0 atom stereocenters. The normalized spacial score (nSPS) is 11.2. The smallest absolute Gasteiger partial charge is 0.270 e. The third kappa shape index (κ3) is 4.13. The van der Waals surface area contributed by atoms with Gasteiger partial charge in [0, 0.05) is 42.0 Å². The molecule has 3 aromatic rings. The Hall–Kier alpha value is -4.07. The van der Waals surface area contributed by atoms with Crippen LogP contribution < -0.4 is 4.57 Å². The first-order chi connectivity index (χ1) is 12.9. The van der Waals surface area contributed by atoms with Gasteiger partial charge in [-0.05, 0) is 23.8 Å². The minimum absolute atomic E-state index is 0.0318. The molecular formula is C19H14N3O5+. The molecule has 0 aliphatic heterocycles. The number of nitro groups is 2. The predicted molar refractivity (Wildman–Crippen MR) is 97.8 cm³/mol. The molecule has 0 amide bonds. The van der Waals surface area contributed by atoms with E-state index in [0.717, 1.165) is 0 Å². The maximum Gasteiger partial charge on any atom is 0.270 e. The maximum absolute atomic E-state index is 11.0. The Morgan fingerprint density at radius 3 is 2.26 bits per heavy atom. The van der Waals surface area contributed by atoms with E-state index in [1.165, 1.54) is 36.5 Å². The summed E-state index contributed by atoms with van der Waals surface area (Å²) >= 11 is 0. The molecule has 134 valence electrons. The fourth-order valence-electron chi connectivity index (χ4n) is 2.56. The average Bonchev–Trinajstić information content (AvgIpc) is 2.66. The zero-order valence-electron chi connectivity index (χ0n) is 13.9. The van der Waals surface area contributed by atoms with Gasteiger partial charge in [-0.1, -0.05) is 12.1 Å². The number of nitrogens with zero attached hydrogens (tertiary/aromatic N) is 3. The average molecular weight is 364 g/mol. The van der Waals surface area contributed by atoms with E-state index in [4.69, 9.17) is 0 Å². The number of benzene rings is 2. The van der Waals surface area contributed by atoms with Crippen molar-refractivity contribution >= 4 is 23.1 Å². The van der Waals surface area contributed by atoms with Crippen LogP contribution in [0.25, 0.3) is 11.8 Å². The van der Waals surface area contributed by atoms with E-state index in [-0.39, 0.29) is 17.1 Å². The number of pyridine rings is 1. The topological polar surface area (TPSA) is 110 Å². The van der Waals surface area contributed by atoms with Crippen LogP contribution in [0.15, 0.2) is 73.1 Å². The highest BCUT2D eigenvalue weighted by molar-refractivity contribution is 5.77. The number of aromatic hydroxyl groups is 1. The first-order valence-corrected chi connectivity index (χ1v) is 7.86. The monoisotopic (exact) mass is 364 g/mol. The Labute approximate surface area is 153 Å². The van der Waals surface area contributed by atoms with Crippen LogP contribution in [0.1, 0.15) is 11.1 Å². The summed E-state index contributed by atoms with van der Waals surface area (Å²) in [6, 6.07) is 15.2. The summed E-state index contributed by atoms with van der Waals surface area (Å²) in [5.74, 6) is 0.0318. The van der Waals surface area contributed by atoms with Crippen molar-refractivity contribution in [3.63, 3.8) is 0 Å². The van der Waals surface area contributed by atoms with Crippen molar-refractivity contribution in [2.45, 2.75) is 0 Å². The zero-order valence-corrected chi connectivity index (χ0v) is 13.9. The standard InChI is InChI=1S/C19H13N3O5/c23-18-5-2-10-20(13-18)19(15-6-8-16(9-7-15)21(24)25)12-14-3-1-4-17(11-14)22(26)27/h1-13H/p+1. The van der Waals surface area contributed by atoms with Gasteiger partial charge in [0.1, 0.15) is 0 Å². The molecule has 8 nitrogen and oxygen atoms in total. The molecular weight excluding hydrogens is 350 g/mol. The van der Waals surface area contributed by atoms with Crippen LogP contribution in [0.4, 0.5) is 11.4 Å². The molecule has 1 aromatic heterocycles. The van der Waals surface area contributed by atoms with E-state index in [1.54, 1.807) is 47.2 Å². The molecule has 0 aliphatic rings. The lowest BCUT2D eigenvalue weighted by Gasteiger charge is -2.04. The summed E-state index contributed by atoms with van der Waals surface area (Å²) in [5.41, 5.74) is 1.71. The zero-order chi connectivity index (χ0) is 19.4. The third-order valence-electron chi connectivity index (χ3n) is 3.82. The third-order valence-corrected chi connectivity index (χ3v) is 3.82. The number of nitro benzene ring substituents is 2. The van der Waals surface area contributed by atoms with Crippen molar-refractivity contribution in [1.29, 1.82) is 0 Å². The molecule has 8 heteroatoms. The summed E-state index contributed by atoms with van der Waals surface area (Å²) in [7, 11) is 0. The molecule has 1 heterocycles. The Morgan fingerprint density at radius 2 is 1.63 bits per heavy atom. The second kappa shape index (κ2) is 7.44. The van der Waals surface area contributed by atoms with Gasteiger partial charge < -0.3 is 5.11 Å². The SMILES string of the molecule is O=[N+]([O-])c1ccc(C(=Cc2cccc([N+](=O)[O-])c2)[n+]2cccc(O)c2)cc1. The van der Waals surface area contributed by atoms with Gasteiger partial charge in [-0.2, -0.15) is 4.57 Å². The van der Waals surface area contributed by atoms with E-state index in [9.17, 15) is 25.3 Å². The van der Waals surface area contributed by atoms with Crippen LogP contribution in [0.2, 0.25) is 0 Å². The molecule has 0 radical (unpaired) electrons. The van der Waals surface area contributed by atoms with Gasteiger partial charge in [0.15, 0.2) is 11.9 Å². The summed E-state index contributed by atoms with van der Waals surface area (Å²) in [6.07, 6.45) is 4.88. The fourth-order valence-corrected chi connectivity index (χ4v) is 2.56. The lowest BCUT2D eigenvalue weighted by atomic mass is 10.1. The van der Waals surface area contributed by atoms with E-state index < -0.39 is 9.85 Å². The van der Waals surface area contributed by atoms with Gasteiger partial charge >= 0.3 is 0 Å². The molecule has 27 heavy (non-hydrogen) atoms. The van der Waals surface area contributed by atoms with E-state index in [0.29, 0.717) is 16.8 Å². The van der Waals surface area contributed by atoms with Crippen molar-refractivity contribution in [2.24, 2.45) is 0 Å². The van der Waals surface area contributed by atoms with Crippen LogP contribution in [-0.2, 0) is 0 Å². The van der Waals surface area contributed by atoms with Gasteiger partial charge in [0.25, 0.3) is 11.4 Å². The second-order valence-electron chi connectivity index (χ2n) is 5.66. The fraction of sp³-hybridized carbons (Fsp3) is 0. The van der Waals surface area contributed by atoms with Crippen molar-refractivity contribution in [1.82, 2.24) is 0 Å². The van der Waals surface area contributed by atoms with E-state index >= 15 is 0 Å². The van der Waals surface area contributed by atoms with Crippen molar-refractivity contribution in [2.75, 3.05) is 0 Å². The highest BCUT2D eigenvalue weighted by Crippen LogP contribution is 2.22. The Morgan fingerprint density at radius 1 is 0.926 bits per heavy atom. The number of rotatable bonds is 5. The van der Waals surface area contributed by atoms with Crippen LogP contribution in [-0.4, -0.2) is 15.0 Å². The first kappa shape index (κ1) is 17.7. The van der Waals surface area contributed by atoms with Crippen molar-refractivity contribution < 1.29 is 19.5 Å². The largest absolute Gasteiger partial charge is 0.503 e. The van der Waals surface area contributed by atoms with Gasteiger partial charge in [0.2, 0.25) is 11.9 Å². The molecule has 0 fully saturated rings. The minimum atomic E-state index is -0.491. The van der Waals surface area contributed by atoms with Gasteiger partial charge in [0.05, 0.1) is 9.85 Å². The summed E-state index contributed by atoms with van der Waals surface area (Å²) in [5, 5.41) is 31.7. The lowest BCUT2D eigenvalue weighted by Crippen LogP contribution is -2.31. The minimum Gasteiger partial charge on any atom is -0.503 e.